The van der Waals surface area contributed by atoms with E-state index in [1.54, 1.807) is 6.20 Å². The van der Waals surface area contributed by atoms with Crippen LogP contribution in [0.1, 0.15) is 25.8 Å². The Morgan fingerprint density at radius 3 is 2.94 bits per heavy atom. The molecule has 0 fully saturated rings. The molecule has 3 heteroatoms. The third-order valence-electron chi connectivity index (χ3n) is 2.19. The fraction of sp³-hybridized carbons (Fsp3) is 0.500. The molecule has 0 aliphatic carbocycles. The number of aromatic nitrogens is 1. The molecular formula is C14H22N2O. The molecule has 0 saturated heterocycles. The Bertz CT molecular complexity index is 348. The Hall–Kier alpha value is -1.35. The number of ether oxygens (including phenoxy) is 1. The zero-order valence-corrected chi connectivity index (χ0v) is 10.9. The van der Waals surface area contributed by atoms with Gasteiger partial charge in [0.1, 0.15) is 5.75 Å². The SMILES string of the molecule is CNCCC=Cc1cncc(OCC(C)C)c1. The Morgan fingerprint density at radius 2 is 2.24 bits per heavy atom. The molecule has 0 radical (unpaired) electrons. The zero-order chi connectivity index (χ0) is 12.5. The number of pyridine rings is 1. The van der Waals surface area contributed by atoms with E-state index in [0.717, 1.165) is 30.9 Å². The molecule has 0 bridgehead atoms. The van der Waals surface area contributed by atoms with Gasteiger partial charge in [0.05, 0.1) is 12.8 Å². The number of hydrogen-bond donors (Lipinski definition) is 1. The first-order valence-corrected chi connectivity index (χ1v) is 6.11. The maximum atomic E-state index is 5.63. The van der Waals surface area contributed by atoms with Gasteiger partial charge in [-0.3, -0.25) is 4.98 Å². The first-order valence-electron chi connectivity index (χ1n) is 6.11. The fourth-order valence-electron chi connectivity index (χ4n) is 1.32. The van der Waals surface area contributed by atoms with Crippen LogP contribution in [0.3, 0.4) is 0 Å². The standard InChI is InChI=1S/C14H22N2O/c1-12(2)11-17-14-8-13(9-16-10-14)6-4-5-7-15-3/h4,6,8-10,12,15H,5,7,11H2,1-3H3. The minimum atomic E-state index is 0.532. The highest BCUT2D eigenvalue weighted by Gasteiger charge is 1.98. The third kappa shape index (κ3) is 6.07. The van der Waals surface area contributed by atoms with Crippen molar-refractivity contribution in [3.63, 3.8) is 0 Å². The second kappa shape index (κ2) is 7.85. The Morgan fingerprint density at radius 1 is 1.41 bits per heavy atom. The van der Waals surface area contributed by atoms with Crippen molar-refractivity contribution in [2.24, 2.45) is 5.92 Å². The van der Waals surface area contributed by atoms with E-state index in [0.29, 0.717) is 5.92 Å². The van der Waals surface area contributed by atoms with Crippen molar-refractivity contribution in [1.82, 2.24) is 10.3 Å². The molecule has 1 aromatic rings. The molecule has 17 heavy (non-hydrogen) atoms. The molecule has 0 saturated carbocycles. The zero-order valence-electron chi connectivity index (χ0n) is 10.9. The summed E-state index contributed by atoms with van der Waals surface area (Å²) < 4.78 is 5.63. The van der Waals surface area contributed by atoms with Crippen LogP contribution in [0.2, 0.25) is 0 Å². The lowest BCUT2D eigenvalue weighted by atomic mass is 10.2. The van der Waals surface area contributed by atoms with Crippen LogP contribution < -0.4 is 10.1 Å². The molecule has 1 rings (SSSR count). The first kappa shape index (κ1) is 13.7. The Balaban J connectivity index is 2.50. The minimum absolute atomic E-state index is 0.532. The lowest BCUT2D eigenvalue weighted by molar-refractivity contribution is 0.270. The summed E-state index contributed by atoms with van der Waals surface area (Å²) in [5.74, 6) is 1.37. The van der Waals surface area contributed by atoms with Gasteiger partial charge in [0.2, 0.25) is 0 Å². The predicted octanol–water partition coefficient (Wildman–Crippen LogP) is 2.74. The molecule has 1 N–H and O–H groups in total. The van der Waals surface area contributed by atoms with Crippen LogP contribution in [0.15, 0.2) is 24.5 Å². The largest absolute Gasteiger partial charge is 0.492 e. The number of nitrogens with zero attached hydrogens (tertiary/aromatic N) is 1. The summed E-state index contributed by atoms with van der Waals surface area (Å²) in [6.45, 7) is 5.99. The van der Waals surface area contributed by atoms with Crippen LogP contribution in [-0.4, -0.2) is 25.2 Å². The monoisotopic (exact) mass is 234 g/mol. The predicted molar refractivity (Wildman–Crippen MR) is 72.1 cm³/mol. The molecule has 1 aromatic heterocycles. The second-order valence-corrected chi connectivity index (χ2v) is 4.45. The Kier molecular flexibility index (Phi) is 6.33. The van der Waals surface area contributed by atoms with E-state index in [1.807, 2.05) is 19.3 Å². The molecule has 0 aliphatic rings. The van der Waals surface area contributed by atoms with Crippen molar-refractivity contribution >= 4 is 6.08 Å². The van der Waals surface area contributed by atoms with Crippen molar-refractivity contribution < 1.29 is 4.74 Å². The van der Waals surface area contributed by atoms with Gasteiger partial charge in [0.25, 0.3) is 0 Å². The molecule has 94 valence electrons. The van der Waals surface area contributed by atoms with E-state index in [4.69, 9.17) is 4.74 Å². The highest BCUT2D eigenvalue weighted by Crippen LogP contribution is 2.13. The average molecular weight is 234 g/mol. The van der Waals surface area contributed by atoms with Gasteiger partial charge in [0, 0.05) is 6.20 Å². The molecule has 3 nitrogen and oxygen atoms in total. The van der Waals surface area contributed by atoms with Gasteiger partial charge in [0.15, 0.2) is 0 Å². The van der Waals surface area contributed by atoms with Gasteiger partial charge in [-0.25, -0.2) is 0 Å². The molecule has 0 atom stereocenters. The van der Waals surface area contributed by atoms with E-state index in [2.05, 4.69) is 36.3 Å². The van der Waals surface area contributed by atoms with Crippen LogP contribution in [0.25, 0.3) is 6.08 Å². The third-order valence-corrected chi connectivity index (χ3v) is 2.19. The van der Waals surface area contributed by atoms with E-state index in [9.17, 15) is 0 Å². The summed E-state index contributed by atoms with van der Waals surface area (Å²) in [6, 6.07) is 2.02. The van der Waals surface area contributed by atoms with Gasteiger partial charge in [-0.05, 0) is 37.6 Å². The lowest BCUT2D eigenvalue weighted by Gasteiger charge is -2.08. The van der Waals surface area contributed by atoms with E-state index in [1.165, 1.54) is 0 Å². The smallest absolute Gasteiger partial charge is 0.138 e. The highest BCUT2D eigenvalue weighted by molar-refractivity contribution is 5.49. The summed E-state index contributed by atoms with van der Waals surface area (Å²) in [7, 11) is 1.95. The van der Waals surface area contributed by atoms with Crippen molar-refractivity contribution in [3.05, 3.63) is 30.1 Å². The second-order valence-electron chi connectivity index (χ2n) is 4.45. The van der Waals surface area contributed by atoms with Crippen molar-refractivity contribution in [1.29, 1.82) is 0 Å². The van der Waals surface area contributed by atoms with E-state index >= 15 is 0 Å². The lowest BCUT2D eigenvalue weighted by Crippen LogP contribution is -2.05. The highest BCUT2D eigenvalue weighted by atomic mass is 16.5. The number of hydrogen-bond acceptors (Lipinski definition) is 3. The molecule has 0 aromatic carbocycles. The molecule has 0 spiro atoms. The van der Waals surface area contributed by atoms with Gasteiger partial charge >= 0.3 is 0 Å². The van der Waals surface area contributed by atoms with Crippen LogP contribution >= 0.6 is 0 Å². The maximum absolute atomic E-state index is 5.63. The van der Waals surface area contributed by atoms with Crippen molar-refractivity contribution in [2.75, 3.05) is 20.2 Å². The molecule has 0 aliphatic heterocycles. The van der Waals surface area contributed by atoms with Crippen molar-refractivity contribution in [2.45, 2.75) is 20.3 Å². The summed E-state index contributed by atoms with van der Waals surface area (Å²) in [4.78, 5) is 4.17. The minimum Gasteiger partial charge on any atom is -0.492 e. The summed E-state index contributed by atoms with van der Waals surface area (Å²) in [6.07, 6.45) is 8.84. The van der Waals surface area contributed by atoms with Crippen LogP contribution in [0.5, 0.6) is 5.75 Å². The van der Waals surface area contributed by atoms with E-state index in [-0.39, 0.29) is 0 Å². The molecule has 0 amide bonds. The molecular weight excluding hydrogens is 212 g/mol. The van der Waals surface area contributed by atoms with E-state index < -0.39 is 0 Å². The average Bonchev–Trinajstić information content (AvgIpc) is 2.33. The Labute approximate surface area is 104 Å². The molecule has 1 heterocycles. The quantitative estimate of drug-likeness (QED) is 0.737. The fourth-order valence-corrected chi connectivity index (χ4v) is 1.32. The summed E-state index contributed by atoms with van der Waals surface area (Å²) >= 11 is 0. The summed E-state index contributed by atoms with van der Waals surface area (Å²) in [5.41, 5.74) is 1.09. The normalized spacial score (nSPS) is 11.3. The maximum Gasteiger partial charge on any atom is 0.138 e. The van der Waals surface area contributed by atoms with Gasteiger partial charge in [-0.15, -0.1) is 0 Å². The van der Waals surface area contributed by atoms with Crippen LogP contribution in [-0.2, 0) is 0 Å². The first-order chi connectivity index (χ1) is 8.22. The van der Waals surface area contributed by atoms with Crippen LogP contribution in [0.4, 0.5) is 0 Å². The topological polar surface area (TPSA) is 34.2 Å². The summed E-state index contributed by atoms with van der Waals surface area (Å²) in [5, 5.41) is 3.11. The van der Waals surface area contributed by atoms with Gasteiger partial charge < -0.3 is 10.1 Å². The molecule has 0 unspecified atom stereocenters. The van der Waals surface area contributed by atoms with Gasteiger partial charge in [-0.2, -0.15) is 0 Å². The van der Waals surface area contributed by atoms with Crippen LogP contribution in [0, 0.1) is 5.92 Å². The number of nitrogens with one attached hydrogen (secondary N) is 1. The van der Waals surface area contributed by atoms with Gasteiger partial charge in [-0.1, -0.05) is 26.0 Å². The van der Waals surface area contributed by atoms with Crippen molar-refractivity contribution in [3.8, 4) is 5.75 Å². The number of rotatable bonds is 7.